The largest absolute Gasteiger partial charge is 0.508 e. The zero-order chi connectivity index (χ0) is 11.6. The highest BCUT2D eigenvalue weighted by molar-refractivity contribution is 5.77. The lowest BCUT2D eigenvalue weighted by Crippen LogP contribution is -2.21. The maximum absolute atomic E-state index is 12.7. The minimum Gasteiger partial charge on any atom is -0.508 e. The highest BCUT2D eigenvalue weighted by atomic mass is 19.1. The Kier molecular flexibility index (Phi) is 3.11. The number of nitrogens with two attached hydrogens (primary N) is 1. The topological polar surface area (TPSA) is 104 Å². The van der Waals surface area contributed by atoms with E-state index in [0.717, 1.165) is 6.07 Å². The van der Waals surface area contributed by atoms with E-state index in [0.29, 0.717) is 6.07 Å². The number of carbonyl (C=O) groups is 1. The number of carboxylic acid groups (broad SMARTS) is 1. The third kappa shape index (κ3) is 2.16. The van der Waals surface area contributed by atoms with Crippen molar-refractivity contribution in [1.82, 2.24) is 0 Å². The van der Waals surface area contributed by atoms with Crippen molar-refractivity contribution < 1.29 is 24.5 Å². The Balaban J connectivity index is 3.24. The first-order chi connectivity index (χ1) is 6.97. The molecule has 1 rings (SSSR count). The number of hydrogen-bond acceptors (Lipinski definition) is 4. The normalized spacial score (nSPS) is 12.4. The van der Waals surface area contributed by atoms with E-state index >= 15 is 0 Å². The number of phenolic OH excluding ortho intramolecular Hbond substituents is 2. The van der Waals surface area contributed by atoms with Crippen LogP contribution in [0.2, 0.25) is 0 Å². The molecular formula is C9H10FNO4. The van der Waals surface area contributed by atoms with Gasteiger partial charge >= 0.3 is 5.97 Å². The van der Waals surface area contributed by atoms with E-state index in [1.807, 2.05) is 0 Å². The van der Waals surface area contributed by atoms with Crippen molar-refractivity contribution in [3.05, 3.63) is 23.5 Å². The van der Waals surface area contributed by atoms with E-state index in [2.05, 4.69) is 0 Å². The van der Waals surface area contributed by atoms with Crippen molar-refractivity contribution in [1.29, 1.82) is 0 Å². The number of hydrogen-bond donors (Lipinski definition) is 4. The van der Waals surface area contributed by atoms with Gasteiger partial charge in [0, 0.05) is 18.2 Å². The Morgan fingerprint density at radius 1 is 1.40 bits per heavy atom. The molecule has 0 saturated carbocycles. The van der Waals surface area contributed by atoms with E-state index < -0.39 is 29.2 Å². The third-order valence-corrected chi connectivity index (χ3v) is 2.01. The van der Waals surface area contributed by atoms with Crippen LogP contribution in [0.15, 0.2) is 12.1 Å². The number of rotatable bonds is 3. The summed E-state index contributed by atoms with van der Waals surface area (Å²) in [7, 11) is 0. The van der Waals surface area contributed by atoms with Crippen LogP contribution in [0.4, 0.5) is 4.39 Å². The zero-order valence-electron chi connectivity index (χ0n) is 7.64. The smallest absolute Gasteiger partial charge is 0.312 e. The second kappa shape index (κ2) is 4.14. The summed E-state index contributed by atoms with van der Waals surface area (Å²) in [5.41, 5.74) is 5.09. The third-order valence-electron chi connectivity index (χ3n) is 2.01. The second-order valence-electron chi connectivity index (χ2n) is 2.99. The molecule has 1 aromatic rings. The summed E-state index contributed by atoms with van der Waals surface area (Å²) in [6, 6.07) is 1.51. The van der Waals surface area contributed by atoms with Crippen molar-refractivity contribution in [3.63, 3.8) is 0 Å². The van der Waals surface area contributed by atoms with Gasteiger partial charge in [-0.1, -0.05) is 0 Å². The summed E-state index contributed by atoms with van der Waals surface area (Å²) in [5.74, 6) is -4.70. The number of aliphatic carboxylic acids is 1. The predicted molar refractivity (Wildman–Crippen MR) is 49.2 cm³/mol. The molecule has 0 bridgehead atoms. The molecule has 1 unspecified atom stereocenters. The first kappa shape index (κ1) is 11.3. The van der Waals surface area contributed by atoms with Crippen LogP contribution in [0.1, 0.15) is 11.5 Å². The summed E-state index contributed by atoms with van der Waals surface area (Å²) in [6.07, 6.45) is 0. The lowest BCUT2D eigenvalue weighted by molar-refractivity contribution is -0.138. The molecule has 82 valence electrons. The van der Waals surface area contributed by atoms with Crippen LogP contribution in [0.5, 0.6) is 11.5 Å². The molecular weight excluding hydrogens is 205 g/mol. The Bertz CT molecular complexity index is 394. The van der Waals surface area contributed by atoms with Gasteiger partial charge in [0.05, 0.1) is 5.92 Å². The maximum atomic E-state index is 12.7. The highest BCUT2D eigenvalue weighted by Gasteiger charge is 2.23. The second-order valence-corrected chi connectivity index (χ2v) is 2.99. The molecule has 1 atom stereocenters. The van der Waals surface area contributed by atoms with Gasteiger partial charge < -0.3 is 21.1 Å². The monoisotopic (exact) mass is 215 g/mol. The molecule has 0 saturated heterocycles. The SMILES string of the molecule is NCC(C(=O)O)c1cc(O)c(F)cc1O. The molecule has 0 aliphatic carbocycles. The number of phenols is 2. The fraction of sp³-hybridized carbons (Fsp3) is 0.222. The summed E-state index contributed by atoms with van der Waals surface area (Å²) in [4.78, 5) is 10.7. The van der Waals surface area contributed by atoms with Crippen LogP contribution in [0.25, 0.3) is 0 Å². The van der Waals surface area contributed by atoms with Gasteiger partial charge in [0.15, 0.2) is 11.6 Å². The molecule has 0 aromatic heterocycles. The Morgan fingerprint density at radius 3 is 2.47 bits per heavy atom. The highest BCUT2D eigenvalue weighted by Crippen LogP contribution is 2.31. The molecule has 0 amide bonds. The fourth-order valence-electron chi connectivity index (χ4n) is 1.21. The Hall–Kier alpha value is -1.82. The van der Waals surface area contributed by atoms with Crippen LogP contribution in [-0.2, 0) is 4.79 Å². The maximum Gasteiger partial charge on any atom is 0.312 e. The first-order valence-corrected chi connectivity index (χ1v) is 4.11. The van der Waals surface area contributed by atoms with E-state index in [9.17, 15) is 14.3 Å². The van der Waals surface area contributed by atoms with E-state index in [1.165, 1.54) is 0 Å². The van der Waals surface area contributed by atoms with Crippen LogP contribution < -0.4 is 5.73 Å². The van der Waals surface area contributed by atoms with Crippen LogP contribution in [0, 0.1) is 5.82 Å². The van der Waals surface area contributed by atoms with Crippen molar-refractivity contribution in [2.75, 3.05) is 6.54 Å². The standard InChI is InChI=1S/C9H10FNO4/c10-6-2-7(12)4(1-8(6)13)5(3-11)9(14)15/h1-2,5,12-13H,3,11H2,(H,14,15). The molecule has 6 heteroatoms. The Morgan fingerprint density at radius 2 is 2.00 bits per heavy atom. The molecule has 0 spiro atoms. The number of benzene rings is 1. The summed E-state index contributed by atoms with van der Waals surface area (Å²) in [6.45, 7) is -0.256. The molecule has 0 aliphatic rings. The minimum absolute atomic E-state index is 0.107. The van der Waals surface area contributed by atoms with Gasteiger partial charge in [-0.15, -0.1) is 0 Å². The summed E-state index contributed by atoms with van der Waals surface area (Å²) < 4.78 is 12.7. The first-order valence-electron chi connectivity index (χ1n) is 4.11. The molecule has 0 radical (unpaired) electrons. The molecule has 5 N–H and O–H groups in total. The van der Waals surface area contributed by atoms with Crippen molar-refractivity contribution in [2.45, 2.75) is 5.92 Å². The van der Waals surface area contributed by atoms with Gasteiger partial charge in [-0.3, -0.25) is 4.79 Å². The van der Waals surface area contributed by atoms with Crippen LogP contribution >= 0.6 is 0 Å². The Labute approximate surface area is 84.6 Å². The lowest BCUT2D eigenvalue weighted by atomic mass is 9.98. The van der Waals surface area contributed by atoms with E-state index in [-0.39, 0.29) is 12.1 Å². The van der Waals surface area contributed by atoms with Gasteiger partial charge in [0.1, 0.15) is 5.75 Å². The minimum atomic E-state index is -1.25. The molecule has 1 aromatic carbocycles. The van der Waals surface area contributed by atoms with E-state index in [4.69, 9.17) is 15.9 Å². The van der Waals surface area contributed by atoms with Gasteiger partial charge in [0.2, 0.25) is 0 Å². The molecule has 15 heavy (non-hydrogen) atoms. The van der Waals surface area contributed by atoms with Crippen LogP contribution in [0.3, 0.4) is 0 Å². The average molecular weight is 215 g/mol. The molecule has 0 heterocycles. The molecule has 0 aliphatic heterocycles. The van der Waals surface area contributed by atoms with Crippen molar-refractivity contribution in [2.24, 2.45) is 5.73 Å². The number of aromatic hydroxyl groups is 2. The van der Waals surface area contributed by atoms with Crippen LogP contribution in [-0.4, -0.2) is 27.8 Å². The summed E-state index contributed by atoms with van der Waals surface area (Å²) >= 11 is 0. The van der Waals surface area contributed by atoms with Gasteiger partial charge in [-0.25, -0.2) is 4.39 Å². The zero-order valence-corrected chi connectivity index (χ0v) is 7.64. The van der Waals surface area contributed by atoms with Crippen molar-refractivity contribution >= 4 is 5.97 Å². The fourth-order valence-corrected chi connectivity index (χ4v) is 1.21. The molecule has 5 nitrogen and oxygen atoms in total. The van der Waals surface area contributed by atoms with Crippen molar-refractivity contribution in [3.8, 4) is 11.5 Å². The van der Waals surface area contributed by atoms with Gasteiger partial charge in [0.25, 0.3) is 0 Å². The number of carboxylic acids is 1. The van der Waals surface area contributed by atoms with Gasteiger partial charge in [-0.05, 0) is 6.07 Å². The summed E-state index contributed by atoms with van der Waals surface area (Å²) in [5, 5.41) is 27.1. The predicted octanol–water partition coefficient (Wildman–Crippen LogP) is 0.364. The number of halogens is 1. The average Bonchev–Trinajstić information content (AvgIpc) is 2.14. The van der Waals surface area contributed by atoms with Gasteiger partial charge in [-0.2, -0.15) is 0 Å². The molecule has 0 fully saturated rings. The quantitative estimate of drug-likeness (QED) is 0.545. The van der Waals surface area contributed by atoms with E-state index in [1.54, 1.807) is 0 Å². The lowest BCUT2D eigenvalue weighted by Gasteiger charge is -2.12.